The summed E-state index contributed by atoms with van der Waals surface area (Å²) in [6.45, 7) is 0.230. The number of carbonyl (C=O) groups is 1. The van der Waals surface area contributed by atoms with E-state index in [2.05, 4.69) is 4.98 Å². The summed E-state index contributed by atoms with van der Waals surface area (Å²) in [5.74, 6) is -71.8. The van der Waals surface area contributed by atoms with E-state index >= 15 is 35.1 Å². The fraction of sp³-hybridized carbons (Fsp3) is 0.0278. The minimum Gasteiger partial charge on any atom is -0.287 e. The van der Waals surface area contributed by atoms with E-state index in [1.807, 2.05) is 0 Å². The van der Waals surface area contributed by atoms with Gasteiger partial charge in [-0.2, -0.15) is 4.57 Å². The summed E-state index contributed by atoms with van der Waals surface area (Å²) in [7, 11) is 0. The van der Waals surface area contributed by atoms with E-state index < -0.39 is 144 Å². The molecule has 61 heavy (non-hydrogen) atoms. The highest BCUT2D eigenvalue weighted by molar-refractivity contribution is 7.20. The van der Waals surface area contributed by atoms with Crippen LogP contribution in [-0.4, -0.2) is 16.9 Å². The zero-order chi connectivity index (χ0) is 45.7. The lowest BCUT2D eigenvalue weighted by atomic mass is 9.12. The van der Waals surface area contributed by atoms with Crippen molar-refractivity contribution < 1.29 is 102 Å². The Morgan fingerprint density at radius 3 is 0.852 bits per heavy atom. The van der Waals surface area contributed by atoms with Gasteiger partial charge in [0.05, 0.1) is 12.4 Å². The molecular formula is C36H10BF21N2O. The number of aromatic nitrogens is 2. The van der Waals surface area contributed by atoms with Crippen molar-refractivity contribution in [3.05, 3.63) is 177 Å². The van der Waals surface area contributed by atoms with Crippen molar-refractivity contribution in [2.45, 2.75) is 6.54 Å². The summed E-state index contributed by atoms with van der Waals surface area (Å²) in [6.07, 6.45) is -0.579. The molecule has 6 rings (SSSR count). The third-order valence-corrected chi connectivity index (χ3v) is 8.89. The highest BCUT2D eigenvalue weighted by Gasteiger charge is 2.52. The van der Waals surface area contributed by atoms with Gasteiger partial charge in [-0.1, -0.05) is 0 Å². The highest BCUT2D eigenvalue weighted by atomic mass is 19.2. The lowest BCUT2D eigenvalue weighted by Gasteiger charge is -2.44. The average Bonchev–Trinajstić information content (AvgIpc) is 3.24. The molecule has 5 aromatic carbocycles. The van der Waals surface area contributed by atoms with Gasteiger partial charge in [-0.05, 0) is 24.3 Å². The molecule has 0 aliphatic carbocycles. The molecule has 0 bridgehead atoms. The first-order valence-corrected chi connectivity index (χ1v) is 15.8. The van der Waals surface area contributed by atoms with Gasteiger partial charge < -0.3 is 0 Å². The molecule has 1 heterocycles. The molecule has 0 aliphatic heterocycles. The maximum absolute atomic E-state index is 15.4. The van der Waals surface area contributed by atoms with Crippen molar-refractivity contribution >= 4 is 33.8 Å². The third-order valence-electron chi connectivity index (χ3n) is 8.89. The number of hydrogen-bond donors (Lipinski definition) is 0. The molecular weight excluding hydrogens is 886 g/mol. The smallest absolute Gasteiger partial charge is 0.227 e. The first-order valence-electron chi connectivity index (χ1n) is 15.8. The van der Waals surface area contributed by atoms with Gasteiger partial charge in [0.2, 0.25) is 12.3 Å². The zero-order valence-electron chi connectivity index (χ0n) is 28.6. The summed E-state index contributed by atoms with van der Waals surface area (Å²) in [5.41, 5.74) is -13.8. The minimum atomic E-state index is -7.22. The summed E-state index contributed by atoms with van der Waals surface area (Å²) in [6, 6.07) is 5.54. The monoisotopic (exact) mass is 896 g/mol. The second-order valence-corrected chi connectivity index (χ2v) is 12.1. The minimum absolute atomic E-state index is 0.0591. The van der Waals surface area contributed by atoms with Crippen LogP contribution in [0.2, 0.25) is 0 Å². The first-order chi connectivity index (χ1) is 28.5. The summed E-state index contributed by atoms with van der Waals surface area (Å²) in [4.78, 5) is 15.6. The molecule has 0 unspecified atom stereocenters. The molecule has 6 aromatic rings. The maximum Gasteiger partial charge on any atom is 0.227 e. The number of ketones is 1. The van der Waals surface area contributed by atoms with Crippen LogP contribution >= 0.6 is 0 Å². The van der Waals surface area contributed by atoms with E-state index in [9.17, 15) is 61.9 Å². The Bertz CT molecular complexity index is 2370. The Labute approximate surface area is 323 Å². The standard InChI is InChI=1S/C24BF20.C12H10FN2O/c26-5-1(6(27)14(35)21(42)13(5)34)25(2-7(28)15(36)22(43)16(37)8(2)29,3-9(30)17(38)23(44)18(39)10(3)31)4-11(32)19(40)24(45)20(41)12(4)33;13-11-3-1-10(2-4-11)12(16)9-15-7-5-14-6-8-15/h;1-8H,9H2/q-1;+1. The summed E-state index contributed by atoms with van der Waals surface area (Å²) >= 11 is 0. The largest absolute Gasteiger partial charge is 0.287 e. The van der Waals surface area contributed by atoms with Crippen LogP contribution in [-0.2, 0) is 6.54 Å². The molecule has 0 N–H and O–H groups in total. The summed E-state index contributed by atoms with van der Waals surface area (Å²) < 4.78 is 308. The number of halogens is 21. The molecule has 3 nitrogen and oxygen atoms in total. The van der Waals surface area contributed by atoms with Gasteiger partial charge >= 0.3 is 0 Å². The predicted octanol–water partition coefficient (Wildman–Crippen LogP) is 7.24. The fourth-order valence-electron chi connectivity index (χ4n) is 6.22. The van der Waals surface area contributed by atoms with Crippen molar-refractivity contribution in [2.75, 3.05) is 0 Å². The second kappa shape index (κ2) is 16.8. The van der Waals surface area contributed by atoms with Gasteiger partial charge in [0.15, 0.2) is 82.2 Å². The second-order valence-electron chi connectivity index (χ2n) is 12.1. The van der Waals surface area contributed by atoms with Gasteiger partial charge in [0, 0.05) is 5.56 Å². The lowest BCUT2D eigenvalue weighted by Crippen LogP contribution is -2.81. The topological polar surface area (TPSA) is 33.8 Å². The number of hydrogen-bond acceptors (Lipinski definition) is 2. The average molecular weight is 896 g/mol. The molecule has 0 saturated heterocycles. The number of carbonyl (C=O) groups excluding carboxylic acids is 1. The van der Waals surface area contributed by atoms with Crippen LogP contribution in [0.3, 0.4) is 0 Å². The van der Waals surface area contributed by atoms with E-state index in [1.54, 1.807) is 29.4 Å². The van der Waals surface area contributed by atoms with E-state index in [4.69, 9.17) is 0 Å². The molecule has 0 atom stereocenters. The molecule has 0 amide bonds. The van der Waals surface area contributed by atoms with E-state index in [-0.39, 0.29) is 18.1 Å². The quantitative estimate of drug-likeness (QED) is 0.0424. The first kappa shape index (κ1) is 45.5. The van der Waals surface area contributed by atoms with Crippen LogP contribution in [0.5, 0.6) is 0 Å². The van der Waals surface area contributed by atoms with Crippen LogP contribution < -0.4 is 26.4 Å². The lowest BCUT2D eigenvalue weighted by molar-refractivity contribution is -0.683. The molecule has 0 spiro atoms. The molecule has 25 heteroatoms. The molecule has 0 saturated carbocycles. The number of nitrogens with zero attached hydrogens (tertiary/aromatic N) is 2. The molecule has 0 fully saturated rings. The predicted molar refractivity (Wildman–Crippen MR) is 164 cm³/mol. The fourth-order valence-corrected chi connectivity index (χ4v) is 6.22. The molecule has 0 aliphatic rings. The Hall–Kier alpha value is -6.56. The Morgan fingerprint density at radius 1 is 0.377 bits per heavy atom. The Morgan fingerprint density at radius 2 is 0.607 bits per heavy atom. The van der Waals surface area contributed by atoms with Gasteiger partial charge in [0.25, 0.3) is 0 Å². The van der Waals surface area contributed by atoms with Crippen molar-refractivity contribution in [1.82, 2.24) is 4.98 Å². The van der Waals surface area contributed by atoms with E-state index in [1.165, 1.54) is 24.3 Å². The maximum atomic E-state index is 15.4. The zero-order valence-corrected chi connectivity index (χ0v) is 28.6. The van der Waals surface area contributed by atoms with E-state index in [0.29, 0.717) is 5.56 Å². The van der Waals surface area contributed by atoms with Gasteiger partial charge in [-0.3, -0.25) is 9.78 Å². The van der Waals surface area contributed by atoms with Crippen LogP contribution in [0.15, 0.2) is 49.1 Å². The number of benzene rings is 5. The Kier molecular flexibility index (Phi) is 12.6. The molecule has 1 aromatic heterocycles. The van der Waals surface area contributed by atoms with Gasteiger partial charge in [-0.25, -0.2) is 92.2 Å². The van der Waals surface area contributed by atoms with Crippen molar-refractivity contribution in [2.24, 2.45) is 0 Å². The van der Waals surface area contributed by atoms with Crippen molar-refractivity contribution in [3.63, 3.8) is 0 Å². The van der Waals surface area contributed by atoms with Crippen LogP contribution in [0.25, 0.3) is 0 Å². The SMILES string of the molecule is Fc1c(F)c(F)c([B-](c2c(F)c(F)c(F)c(F)c2F)(c2c(F)c(F)c(F)c(F)c2F)c2c(F)c(F)c(F)c(F)c2F)c(F)c1F.O=C(C[n+]1ccncc1)c1ccc(F)cc1. The third kappa shape index (κ3) is 7.27. The normalized spacial score (nSPS) is 11.5. The Balaban J connectivity index is 0.000000366. The molecule has 320 valence electrons. The van der Waals surface area contributed by atoms with Crippen molar-refractivity contribution in [1.29, 1.82) is 0 Å². The highest BCUT2D eigenvalue weighted by Crippen LogP contribution is 2.30. The van der Waals surface area contributed by atoms with Crippen LogP contribution in [0.4, 0.5) is 92.2 Å². The van der Waals surface area contributed by atoms with Gasteiger partial charge in [0.1, 0.15) is 58.5 Å². The van der Waals surface area contributed by atoms with Crippen molar-refractivity contribution in [3.8, 4) is 0 Å². The van der Waals surface area contributed by atoms with Gasteiger partial charge in [-0.15, -0.1) is 21.9 Å². The van der Waals surface area contributed by atoms with E-state index in [0.717, 1.165) is 0 Å². The number of rotatable bonds is 7. The summed E-state index contributed by atoms with van der Waals surface area (Å²) in [5, 5.41) is 0. The number of Topliss-reactive ketones (excluding diaryl/α,β-unsaturated/α-hetero) is 1. The molecule has 0 radical (unpaired) electrons. The van der Waals surface area contributed by atoms with Crippen LogP contribution in [0.1, 0.15) is 10.4 Å². The van der Waals surface area contributed by atoms with Crippen LogP contribution in [0, 0.1) is 122 Å².